The second-order valence-electron chi connectivity index (χ2n) is 7.15. The maximum absolute atomic E-state index is 12.9. The molecule has 3 aromatic rings. The van der Waals surface area contributed by atoms with Gasteiger partial charge in [-0.3, -0.25) is 14.3 Å². The molecule has 0 spiro atoms. The predicted octanol–water partition coefficient (Wildman–Crippen LogP) is 4.24. The molecule has 0 saturated heterocycles. The van der Waals surface area contributed by atoms with Crippen molar-refractivity contribution in [2.24, 2.45) is 7.05 Å². The van der Waals surface area contributed by atoms with Crippen LogP contribution in [0.5, 0.6) is 0 Å². The average molecular weight is 421 g/mol. The van der Waals surface area contributed by atoms with E-state index in [2.05, 4.69) is 16.5 Å². The number of rotatable bonds is 4. The summed E-state index contributed by atoms with van der Waals surface area (Å²) in [6, 6.07) is 14.9. The first-order chi connectivity index (χ1) is 14.4. The minimum Gasteiger partial charge on any atom is -0.323 e. The zero-order valence-corrected chi connectivity index (χ0v) is 17.5. The Balaban J connectivity index is 1.42. The summed E-state index contributed by atoms with van der Waals surface area (Å²) < 4.78 is 1.56. The van der Waals surface area contributed by atoms with Crippen LogP contribution in [0.1, 0.15) is 27.2 Å². The van der Waals surface area contributed by atoms with Crippen molar-refractivity contribution in [2.75, 3.05) is 16.8 Å². The van der Waals surface area contributed by atoms with Gasteiger partial charge in [-0.1, -0.05) is 29.8 Å². The highest BCUT2D eigenvalue weighted by molar-refractivity contribution is 6.31. The molecule has 152 valence electrons. The first-order valence-corrected chi connectivity index (χ1v) is 10.00. The quantitative estimate of drug-likeness (QED) is 0.642. The van der Waals surface area contributed by atoms with E-state index in [0.29, 0.717) is 28.5 Å². The van der Waals surface area contributed by atoms with Crippen molar-refractivity contribution < 1.29 is 9.59 Å². The number of amides is 2. The molecule has 2 heterocycles. The number of carbonyl (C=O) groups is 2. The molecular formula is C23H21ClN4O2. The lowest BCUT2D eigenvalue weighted by molar-refractivity contribution is -0.111. The molecule has 6 nitrogen and oxygen atoms in total. The summed E-state index contributed by atoms with van der Waals surface area (Å²) in [6.45, 7) is 2.51. The Bertz CT molecular complexity index is 1150. The summed E-state index contributed by atoms with van der Waals surface area (Å²) in [6.07, 6.45) is 3.92. The van der Waals surface area contributed by atoms with Gasteiger partial charge in [-0.25, -0.2) is 0 Å². The van der Waals surface area contributed by atoms with Crippen molar-refractivity contribution in [3.63, 3.8) is 0 Å². The molecule has 30 heavy (non-hydrogen) atoms. The second kappa shape index (κ2) is 8.16. The van der Waals surface area contributed by atoms with Crippen LogP contribution in [0.3, 0.4) is 0 Å². The fraction of sp³-hybridized carbons (Fsp3) is 0.174. The van der Waals surface area contributed by atoms with Crippen molar-refractivity contribution in [1.29, 1.82) is 0 Å². The summed E-state index contributed by atoms with van der Waals surface area (Å²) in [4.78, 5) is 26.9. The highest BCUT2D eigenvalue weighted by Crippen LogP contribution is 2.29. The molecule has 0 saturated carbocycles. The summed E-state index contributed by atoms with van der Waals surface area (Å²) in [5.41, 5.74) is 4.80. The Morgan fingerprint density at radius 1 is 1.13 bits per heavy atom. The first kappa shape index (κ1) is 19.9. The molecule has 0 radical (unpaired) electrons. The highest BCUT2D eigenvalue weighted by atomic mass is 35.5. The van der Waals surface area contributed by atoms with Crippen LogP contribution in [-0.4, -0.2) is 28.1 Å². The molecule has 0 unspecified atom stereocenters. The Kier molecular flexibility index (Phi) is 5.42. The van der Waals surface area contributed by atoms with E-state index in [0.717, 1.165) is 17.8 Å². The summed E-state index contributed by atoms with van der Waals surface area (Å²) in [5, 5.41) is 7.47. The van der Waals surface area contributed by atoms with Gasteiger partial charge in [-0.05, 0) is 55.3 Å². The van der Waals surface area contributed by atoms with Gasteiger partial charge in [-0.15, -0.1) is 0 Å². The van der Waals surface area contributed by atoms with E-state index < -0.39 is 0 Å². The number of anilines is 2. The molecule has 0 atom stereocenters. The van der Waals surface area contributed by atoms with Crippen LogP contribution >= 0.6 is 11.6 Å². The van der Waals surface area contributed by atoms with Crippen molar-refractivity contribution in [2.45, 2.75) is 13.3 Å². The zero-order valence-electron chi connectivity index (χ0n) is 16.7. The van der Waals surface area contributed by atoms with Crippen molar-refractivity contribution >= 4 is 40.9 Å². The van der Waals surface area contributed by atoms with Gasteiger partial charge in [0.05, 0.1) is 5.69 Å². The van der Waals surface area contributed by atoms with Crippen LogP contribution in [0.25, 0.3) is 6.08 Å². The first-order valence-electron chi connectivity index (χ1n) is 9.62. The van der Waals surface area contributed by atoms with E-state index >= 15 is 0 Å². The summed E-state index contributed by atoms with van der Waals surface area (Å²) >= 11 is 6.17. The number of halogens is 1. The van der Waals surface area contributed by atoms with Gasteiger partial charge < -0.3 is 10.2 Å². The number of nitrogens with zero attached hydrogens (tertiary/aromatic N) is 3. The van der Waals surface area contributed by atoms with Crippen LogP contribution in [0.4, 0.5) is 11.4 Å². The molecule has 7 heteroatoms. The van der Waals surface area contributed by atoms with Crippen molar-refractivity contribution in [3.8, 4) is 0 Å². The third-order valence-electron chi connectivity index (χ3n) is 5.13. The van der Waals surface area contributed by atoms with E-state index in [1.807, 2.05) is 25.1 Å². The fourth-order valence-corrected chi connectivity index (χ4v) is 3.82. The van der Waals surface area contributed by atoms with Crippen LogP contribution in [0, 0.1) is 6.92 Å². The second-order valence-corrected chi connectivity index (χ2v) is 7.51. The number of fused-ring (bicyclic) bond motifs is 1. The maximum atomic E-state index is 12.9. The molecule has 0 aliphatic carbocycles. The molecule has 2 aromatic carbocycles. The standard InChI is InChI=1S/C23H21ClN4O2/c1-15-19(22(24)27(2)26-15)11-12-21(29)25-18-9-7-17(8-10-18)23(30)28-14-13-16-5-3-4-6-20(16)28/h3-12H,13-14H2,1-2H3,(H,25,29)/b12-11+. The number of hydrogen-bond donors (Lipinski definition) is 1. The van der Waals surface area contributed by atoms with Gasteiger partial charge in [0.25, 0.3) is 5.91 Å². The van der Waals surface area contributed by atoms with Crippen molar-refractivity contribution in [3.05, 3.63) is 82.1 Å². The van der Waals surface area contributed by atoms with E-state index in [1.165, 1.54) is 11.6 Å². The van der Waals surface area contributed by atoms with Gasteiger partial charge >= 0.3 is 0 Å². The lowest BCUT2D eigenvalue weighted by Gasteiger charge is -2.17. The molecule has 0 fully saturated rings. The normalized spacial score (nSPS) is 13.0. The molecule has 1 aromatic heterocycles. The number of hydrogen-bond acceptors (Lipinski definition) is 3. The molecule has 4 rings (SSSR count). The molecule has 1 aliphatic heterocycles. The number of aryl methyl sites for hydroxylation is 2. The van der Waals surface area contributed by atoms with E-state index in [-0.39, 0.29) is 11.8 Å². The van der Waals surface area contributed by atoms with Gasteiger partial charge in [0.15, 0.2) is 0 Å². The van der Waals surface area contributed by atoms with Crippen LogP contribution in [-0.2, 0) is 18.3 Å². The minimum absolute atomic E-state index is 0.0422. The molecule has 2 amide bonds. The van der Waals surface area contributed by atoms with E-state index in [4.69, 9.17) is 11.6 Å². The smallest absolute Gasteiger partial charge is 0.258 e. The van der Waals surface area contributed by atoms with Gasteiger partial charge in [0.2, 0.25) is 5.91 Å². The third-order valence-corrected chi connectivity index (χ3v) is 5.58. The van der Waals surface area contributed by atoms with E-state index in [1.54, 1.807) is 47.0 Å². The molecule has 0 bridgehead atoms. The predicted molar refractivity (Wildman–Crippen MR) is 119 cm³/mol. The van der Waals surface area contributed by atoms with Crippen LogP contribution in [0.15, 0.2) is 54.6 Å². The van der Waals surface area contributed by atoms with Crippen molar-refractivity contribution in [1.82, 2.24) is 9.78 Å². The molecule has 1 aliphatic rings. The highest BCUT2D eigenvalue weighted by Gasteiger charge is 2.24. The summed E-state index contributed by atoms with van der Waals surface area (Å²) in [7, 11) is 1.75. The molecular weight excluding hydrogens is 400 g/mol. The fourth-order valence-electron chi connectivity index (χ4n) is 3.58. The maximum Gasteiger partial charge on any atom is 0.258 e. The zero-order chi connectivity index (χ0) is 21.3. The minimum atomic E-state index is -0.290. The lowest BCUT2D eigenvalue weighted by atomic mass is 10.1. The van der Waals surface area contributed by atoms with Gasteiger partial charge in [0, 0.05) is 42.2 Å². The third kappa shape index (κ3) is 3.86. The topological polar surface area (TPSA) is 67.2 Å². The monoisotopic (exact) mass is 420 g/mol. The van der Waals surface area contributed by atoms with Gasteiger partial charge in [0.1, 0.15) is 5.15 Å². The SMILES string of the molecule is Cc1nn(C)c(Cl)c1/C=C/C(=O)Nc1ccc(C(=O)N2CCc3ccccc32)cc1. The Hall–Kier alpha value is -3.38. The number of nitrogens with one attached hydrogen (secondary N) is 1. The number of carbonyl (C=O) groups excluding carboxylic acids is 2. The average Bonchev–Trinajstić information content (AvgIpc) is 3.27. The Labute approximate surface area is 179 Å². The Morgan fingerprint density at radius 2 is 1.87 bits per heavy atom. The number of para-hydroxylation sites is 1. The van der Waals surface area contributed by atoms with Crippen LogP contribution < -0.4 is 10.2 Å². The number of aromatic nitrogens is 2. The molecule has 1 N–H and O–H groups in total. The Morgan fingerprint density at radius 3 is 2.57 bits per heavy atom. The van der Waals surface area contributed by atoms with E-state index in [9.17, 15) is 9.59 Å². The summed E-state index contributed by atoms with van der Waals surface area (Å²) in [5.74, 6) is -0.332. The lowest BCUT2D eigenvalue weighted by Crippen LogP contribution is -2.28. The van der Waals surface area contributed by atoms with Gasteiger partial charge in [-0.2, -0.15) is 5.10 Å². The van der Waals surface area contributed by atoms with Crippen LogP contribution in [0.2, 0.25) is 5.15 Å². The number of benzene rings is 2. The largest absolute Gasteiger partial charge is 0.323 e.